The van der Waals surface area contributed by atoms with Gasteiger partial charge in [0.05, 0.1) is 13.1 Å². The number of benzene rings is 2. The molecule has 0 aliphatic heterocycles. The minimum Gasteiger partial charge on any atom is -0.357 e. The van der Waals surface area contributed by atoms with E-state index in [1.54, 1.807) is 0 Å². The summed E-state index contributed by atoms with van der Waals surface area (Å²) in [6.45, 7) is 3.22. The van der Waals surface area contributed by atoms with Crippen LogP contribution in [0.5, 0.6) is 0 Å². The fraction of sp³-hybridized carbons (Fsp3) is 0.263. The van der Waals surface area contributed by atoms with Gasteiger partial charge in [-0.25, -0.2) is 9.98 Å². The molecule has 27 heavy (non-hydrogen) atoms. The van der Waals surface area contributed by atoms with Gasteiger partial charge in [0.2, 0.25) is 0 Å². The molecule has 142 valence electrons. The van der Waals surface area contributed by atoms with Crippen molar-refractivity contribution in [3.05, 3.63) is 64.1 Å². The second-order valence-electron chi connectivity index (χ2n) is 5.81. The molecule has 1 aromatic heterocycles. The SMILES string of the molecule is CCNC(=NCc1cccc2ccccc12)NCc1nc(C(F)(F)F)cs1. The van der Waals surface area contributed by atoms with Gasteiger partial charge in [0.1, 0.15) is 5.01 Å². The number of aliphatic imine (C=N–C) groups is 1. The van der Waals surface area contributed by atoms with Crippen molar-refractivity contribution in [1.29, 1.82) is 0 Å². The molecule has 0 unspecified atom stereocenters. The lowest BCUT2D eigenvalue weighted by Gasteiger charge is -2.11. The Morgan fingerprint density at radius 1 is 1.11 bits per heavy atom. The summed E-state index contributed by atoms with van der Waals surface area (Å²) >= 11 is 0.976. The average molecular weight is 392 g/mol. The molecule has 0 saturated heterocycles. The van der Waals surface area contributed by atoms with Gasteiger partial charge in [-0.2, -0.15) is 13.2 Å². The molecule has 4 nitrogen and oxygen atoms in total. The lowest BCUT2D eigenvalue weighted by atomic mass is 10.1. The summed E-state index contributed by atoms with van der Waals surface area (Å²) < 4.78 is 37.9. The number of hydrogen-bond donors (Lipinski definition) is 2. The third kappa shape index (κ3) is 4.97. The topological polar surface area (TPSA) is 49.3 Å². The quantitative estimate of drug-likeness (QED) is 0.494. The Labute approximate surface area is 159 Å². The fourth-order valence-electron chi connectivity index (χ4n) is 2.62. The number of nitrogens with one attached hydrogen (secondary N) is 2. The minimum absolute atomic E-state index is 0.183. The van der Waals surface area contributed by atoms with E-state index >= 15 is 0 Å². The van der Waals surface area contributed by atoms with Crippen molar-refractivity contribution in [2.75, 3.05) is 6.54 Å². The number of guanidine groups is 1. The Hall–Kier alpha value is -2.61. The molecule has 2 aromatic carbocycles. The summed E-state index contributed by atoms with van der Waals surface area (Å²) in [5, 5.41) is 9.80. The second kappa shape index (κ2) is 8.39. The first-order valence-electron chi connectivity index (χ1n) is 8.48. The molecule has 8 heteroatoms. The number of alkyl halides is 3. The standard InChI is InChI=1S/C19H19F3N4S/c1-2-23-18(25-11-17-26-16(12-27-17)19(20,21)22)24-10-14-8-5-7-13-6-3-4-9-15(13)14/h3-9,12H,2,10-11H2,1H3,(H2,23,24,25). The highest BCUT2D eigenvalue weighted by atomic mass is 32.1. The van der Waals surface area contributed by atoms with Gasteiger partial charge in [0.25, 0.3) is 0 Å². The molecule has 0 bridgehead atoms. The third-order valence-corrected chi connectivity index (χ3v) is 4.73. The van der Waals surface area contributed by atoms with E-state index in [2.05, 4.69) is 26.7 Å². The van der Waals surface area contributed by atoms with Crippen LogP contribution in [0.4, 0.5) is 13.2 Å². The number of hydrogen-bond acceptors (Lipinski definition) is 3. The third-order valence-electron chi connectivity index (χ3n) is 3.88. The molecule has 0 atom stereocenters. The lowest BCUT2D eigenvalue weighted by Crippen LogP contribution is -2.36. The Morgan fingerprint density at radius 2 is 1.89 bits per heavy atom. The van der Waals surface area contributed by atoms with Crippen LogP contribution < -0.4 is 10.6 Å². The molecule has 3 aromatic rings. The van der Waals surface area contributed by atoms with Crippen LogP contribution in [0.25, 0.3) is 10.8 Å². The van der Waals surface area contributed by atoms with Crippen molar-refractivity contribution in [3.8, 4) is 0 Å². The molecule has 2 N–H and O–H groups in total. The zero-order valence-corrected chi connectivity index (χ0v) is 15.5. The Morgan fingerprint density at radius 3 is 2.63 bits per heavy atom. The van der Waals surface area contributed by atoms with Crippen LogP contribution >= 0.6 is 11.3 Å². The maximum absolute atomic E-state index is 12.6. The number of nitrogens with zero attached hydrogens (tertiary/aromatic N) is 2. The predicted octanol–water partition coefficient (Wildman–Crippen LogP) is 4.57. The summed E-state index contributed by atoms with van der Waals surface area (Å²) in [6, 6.07) is 14.1. The van der Waals surface area contributed by atoms with Crippen molar-refractivity contribution in [3.63, 3.8) is 0 Å². The highest BCUT2D eigenvalue weighted by molar-refractivity contribution is 7.09. The van der Waals surface area contributed by atoms with E-state index in [0.29, 0.717) is 24.1 Å². The van der Waals surface area contributed by atoms with Gasteiger partial charge in [-0.05, 0) is 23.3 Å². The number of rotatable bonds is 5. The van der Waals surface area contributed by atoms with Gasteiger partial charge < -0.3 is 10.6 Å². The molecular formula is C19H19F3N4S. The smallest absolute Gasteiger partial charge is 0.357 e. The molecule has 0 spiro atoms. The molecule has 0 aliphatic carbocycles. The van der Waals surface area contributed by atoms with Crippen molar-refractivity contribution in [2.45, 2.75) is 26.2 Å². The normalized spacial score (nSPS) is 12.4. The Kier molecular flexibility index (Phi) is 5.95. The summed E-state index contributed by atoms with van der Waals surface area (Å²) in [4.78, 5) is 8.17. The monoisotopic (exact) mass is 392 g/mol. The van der Waals surface area contributed by atoms with Crippen LogP contribution in [-0.4, -0.2) is 17.5 Å². The Balaban J connectivity index is 1.70. The number of thiazole rings is 1. The van der Waals surface area contributed by atoms with Crippen LogP contribution in [0.2, 0.25) is 0 Å². The molecule has 3 rings (SSSR count). The maximum atomic E-state index is 12.6. The van der Waals surface area contributed by atoms with Crippen molar-refractivity contribution >= 4 is 28.1 Å². The van der Waals surface area contributed by atoms with Crippen molar-refractivity contribution in [1.82, 2.24) is 15.6 Å². The molecule has 0 saturated carbocycles. The maximum Gasteiger partial charge on any atom is 0.434 e. The van der Waals surface area contributed by atoms with Crippen LogP contribution in [0.3, 0.4) is 0 Å². The van der Waals surface area contributed by atoms with E-state index < -0.39 is 11.9 Å². The van der Waals surface area contributed by atoms with Crippen LogP contribution in [0.1, 0.15) is 23.2 Å². The first kappa shape index (κ1) is 19.2. The first-order chi connectivity index (χ1) is 13.0. The van der Waals surface area contributed by atoms with Gasteiger partial charge >= 0.3 is 6.18 Å². The molecule has 0 radical (unpaired) electrons. The zero-order chi connectivity index (χ0) is 19.3. The fourth-order valence-corrected chi connectivity index (χ4v) is 3.36. The average Bonchev–Trinajstić information content (AvgIpc) is 3.13. The van der Waals surface area contributed by atoms with E-state index in [9.17, 15) is 13.2 Å². The zero-order valence-electron chi connectivity index (χ0n) is 14.7. The number of fused-ring (bicyclic) bond motifs is 1. The van der Waals surface area contributed by atoms with Gasteiger partial charge in [0.15, 0.2) is 11.7 Å². The lowest BCUT2D eigenvalue weighted by molar-refractivity contribution is -0.140. The first-order valence-corrected chi connectivity index (χ1v) is 9.35. The molecule has 0 amide bonds. The summed E-state index contributed by atoms with van der Waals surface area (Å²) in [6.07, 6.45) is -4.41. The summed E-state index contributed by atoms with van der Waals surface area (Å²) in [5.41, 5.74) is 0.223. The highest BCUT2D eigenvalue weighted by Gasteiger charge is 2.33. The Bertz CT molecular complexity index is 929. The largest absolute Gasteiger partial charge is 0.434 e. The summed E-state index contributed by atoms with van der Waals surface area (Å²) in [5.74, 6) is 0.536. The van der Waals surface area contributed by atoms with Gasteiger partial charge in [-0.3, -0.25) is 0 Å². The molecule has 0 fully saturated rings. The van der Waals surface area contributed by atoms with Gasteiger partial charge in [-0.1, -0.05) is 42.5 Å². The van der Waals surface area contributed by atoms with Crippen LogP contribution in [0, 0.1) is 0 Å². The molecule has 0 aliphatic rings. The van der Waals surface area contributed by atoms with Crippen molar-refractivity contribution < 1.29 is 13.2 Å². The number of aromatic nitrogens is 1. The predicted molar refractivity (Wildman–Crippen MR) is 103 cm³/mol. The van der Waals surface area contributed by atoms with Crippen LogP contribution in [0.15, 0.2) is 52.8 Å². The van der Waals surface area contributed by atoms with Gasteiger partial charge in [-0.15, -0.1) is 11.3 Å². The highest BCUT2D eigenvalue weighted by Crippen LogP contribution is 2.29. The molecular weight excluding hydrogens is 373 g/mol. The van der Waals surface area contributed by atoms with Gasteiger partial charge in [0, 0.05) is 11.9 Å². The van der Waals surface area contributed by atoms with E-state index in [4.69, 9.17) is 0 Å². The number of halogens is 3. The van der Waals surface area contributed by atoms with E-state index in [-0.39, 0.29) is 6.54 Å². The van der Waals surface area contributed by atoms with E-state index in [0.717, 1.165) is 33.1 Å². The van der Waals surface area contributed by atoms with E-state index in [1.807, 2.05) is 43.3 Å². The van der Waals surface area contributed by atoms with Crippen molar-refractivity contribution in [2.24, 2.45) is 4.99 Å². The minimum atomic E-state index is -4.41. The van der Waals surface area contributed by atoms with Crippen LogP contribution in [-0.2, 0) is 19.3 Å². The second-order valence-corrected chi connectivity index (χ2v) is 6.75. The summed E-state index contributed by atoms with van der Waals surface area (Å²) in [7, 11) is 0. The molecule has 1 heterocycles. The van der Waals surface area contributed by atoms with E-state index in [1.165, 1.54) is 0 Å².